The van der Waals surface area contributed by atoms with Crippen LogP contribution in [0.1, 0.15) is 18.0 Å². The predicted octanol–water partition coefficient (Wildman–Crippen LogP) is 0.817. The fraction of sp³-hybridized carbons (Fsp3) is 0.200. The summed E-state index contributed by atoms with van der Waals surface area (Å²) in [4.78, 5) is 15.0. The molecule has 0 radical (unpaired) electrons. The van der Waals surface area contributed by atoms with Gasteiger partial charge in [-0.15, -0.1) is 0 Å². The normalized spacial score (nSPS) is 19.7. The molecule has 2 rings (SSSR count). The molecule has 0 fully saturated rings. The highest BCUT2D eigenvalue weighted by Gasteiger charge is 2.16. The Balaban J connectivity index is 2.31. The van der Waals surface area contributed by atoms with Crippen molar-refractivity contribution in [3.05, 3.63) is 30.0 Å². The van der Waals surface area contributed by atoms with E-state index < -0.39 is 12.2 Å². The molecule has 2 heterocycles. The van der Waals surface area contributed by atoms with Crippen LogP contribution in [0.4, 0.5) is 4.79 Å². The van der Waals surface area contributed by atoms with E-state index in [9.17, 15) is 4.79 Å². The Morgan fingerprint density at radius 1 is 1.75 bits per heavy atom. The third-order valence-electron chi connectivity index (χ3n) is 1.77. The number of rotatable bonds is 2. The molecule has 1 N–H and O–H groups in total. The van der Waals surface area contributed by atoms with Crippen LogP contribution in [0.25, 0.3) is 0 Å². The maximum absolute atomic E-state index is 11.5. The third-order valence-corrected chi connectivity index (χ3v) is 1.77. The van der Waals surface area contributed by atoms with Crippen molar-refractivity contribution in [3.63, 3.8) is 0 Å². The monoisotopic (exact) mass is 221 g/mol. The van der Waals surface area contributed by atoms with Crippen molar-refractivity contribution in [2.75, 3.05) is 6.54 Å². The Morgan fingerprint density at radius 2 is 2.62 bits per heavy atom. The standard InChI is InChI=1S/C10H11N5O/c1-8-7-15(10(16)14-13-8)12-6-9-3-2-4-11-5-9/h2-6H,7H2,1H3,(H,14,16)/i2D,3D,4D,5D. The van der Waals surface area contributed by atoms with Gasteiger partial charge in [-0.25, -0.2) is 15.2 Å². The zero-order valence-electron chi connectivity index (χ0n) is 12.5. The van der Waals surface area contributed by atoms with Gasteiger partial charge in [-0.2, -0.15) is 10.2 Å². The van der Waals surface area contributed by atoms with Gasteiger partial charge in [-0.1, -0.05) is 6.04 Å². The Morgan fingerprint density at radius 3 is 3.50 bits per heavy atom. The molecule has 1 aromatic heterocycles. The fourth-order valence-electron chi connectivity index (χ4n) is 1.05. The summed E-state index contributed by atoms with van der Waals surface area (Å²) < 4.78 is 30.1. The van der Waals surface area contributed by atoms with Crippen molar-refractivity contribution in [3.8, 4) is 0 Å². The molecule has 16 heavy (non-hydrogen) atoms. The van der Waals surface area contributed by atoms with Crippen LogP contribution in [0, 0.1) is 0 Å². The molecule has 0 aliphatic carbocycles. The number of carbonyl (C=O) groups is 1. The van der Waals surface area contributed by atoms with E-state index in [1.807, 2.05) is 0 Å². The van der Waals surface area contributed by atoms with E-state index in [0.717, 1.165) is 11.2 Å². The average molecular weight is 221 g/mol. The van der Waals surface area contributed by atoms with Gasteiger partial charge in [-0.05, 0) is 13.0 Å². The third kappa shape index (κ3) is 2.41. The molecule has 1 aliphatic heterocycles. The summed E-state index contributed by atoms with van der Waals surface area (Å²) in [7, 11) is 0. The quantitative estimate of drug-likeness (QED) is 0.751. The number of aromatic nitrogens is 1. The second-order valence-corrected chi connectivity index (χ2v) is 3.07. The molecule has 0 saturated heterocycles. The first-order chi connectivity index (χ1) is 9.40. The number of nitrogens with zero attached hydrogens (tertiary/aromatic N) is 4. The van der Waals surface area contributed by atoms with Crippen molar-refractivity contribution in [2.45, 2.75) is 6.92 Å². The second kappa shape index (κ2) is 4.52. The van der Waals surface area contributed by atoms with Crippen LogP contribution in [0.2, 0.25) is 0 Å². The minimum absolute atomic E-state index is 0.0148. The first kappa shape index (κ1) is 6.37. The van der Waals surface area contributed by atoms with Gasteiger partial charge in [0.1, 0.15) is 0 Å². The Kier molecular flexibility index (Phi) is 1.80. The summed E-state index contributed by atoms with van der Waals surface area (Å²) in [6, 6.07) is -1.23. The Bertz CT molecular complexity index is 631. The first-order valence-electron chi connectivity index (χ1n) is 6.49. The van der Waals surface area contributed by atoms with Gasteiger partial charge in [0.05, 0.1) is 24.0 Å². The minimum Gasteiger partial charge on any atom is -0.264 e. The lowest BCUT2D eigenvalue weighted by molar-refractivity contribution is 0.204. The van der Waals surface area contributed by atoms with Crippen molar-refractivity contribution < 1.29 is 10.3 Å². The molecule has 0 saturated carbocycles. The Labute approximate surface area is 98.3 Å². The number of carbonyl (C=O) groups excluding carboxylic acids is 1. The molecule has 0 aromatic carbocycles. The first-order valence-corrected chi connectivity index (χ1v) is 4.49. The Hall–Kier alpha value is -2.24. The van der Waals surface area contributed by atoms with Crippen molar-refractivity contribution in [1.82, 2.24) is 15.4 Å². The molecule has 6 nitrogen and oxygen atoms in total. The maximum atomic E-state index is 11.5. The highest BCUT2D eigenvalue weighted by Crippen LogP contribution is 1.99. The zero-order valence-corrected chi connectivity index (χ0v) is 8.48. The molecule has 82 valence electrons. The molecule has 6 heteroatoms. The van der Waals surface area contributed by atoms with Gasteiger partial charge in [0.2, 0.25) is 0 Å². The SMILES string of the molecule is [2H]c1nc([2H])c(C=NN2CC(C)=NNC2=O)c([2H])c1[2H]. The predicted molar refractivity (Wildman–Crippen MR) is 60.2 cm³/mol. The van der Waals surface area contributed by atoms with Gasteiger partial charge < -0.3 is 0 Å². The topological polar surface area (TPSA) is 70.0 Å². The summed E-state index contributed by atoms with van der Waals surface area (Å²) in [6.45, 7) is 1.91. The lowest BCUT2D eigenvalue weighted by Crippen LogP contribution is -2.42. The maximum Gasteiger partial charge on any atom is 0.358 e. The molecule has 2 amide bonds. The van der Waals surface area contributed by atoms with E-state index in [0.29, 0.717) is 5.71 Å². The molecule has 0 bridgehead atoms. The minimum atomic E-state index is -0.527. The molecule has 1 aliphatic rings. The lowest BCUT2D eigenvalue weighted by Gasteiger charge is -2.20. The van der Waals surface area contributed by atoms with Crippen LogP contribution in [-0.4, -0.2) is 34.5 Å². The number of hydrogen-bond acceptors (Lipinski definition) is 4. The van der Waals surface area contributed by atoms with E-state index in [4.69, 9.17) is 5.48 Å². The number of pyridine rings is 1. The second-order valence-electron chi connectivity index (χ2n) is 3.07. The van der Waals surface area contributed by atoms with Crippen LogP contribution in [0.5, 0.6) is 0 Å². The molecule has 0 spiro atoms. The fourth-order valence-corrected chi connectivity index (χ4v) is 1.05. The highest BCUT2D eigenvalue weighted by atomic mass is 16.2. The van der Waals surface area contributed by atoms with Crippen LogP contribution in [-0.2, 0) is 0 Å². The summed E-state index contributed by atoms with van der Waals surface area (Å²) in [6.07, 6.45) is 0.353. The molecular weight excluding hydrogens is 206 g/mol. The molecule has 0 unspecified atom stereocenters. The van der Waals surface area contributed by atoms with Crippen LogP contribution in [0.3, 0.4) is 0 Å². The van der Waals surface area contributed by atoms with Crippen LogP contribution < -0.4 is 5.43 Å². The van der Waals surface area contributed by atoms with Gasteiger partial charge in [0.15, 0.2) is 0 Å². The van der Waals surface area contributed by atoms with E-state index >= 15 is 0 Å². The van der Waals surface area contributed by atoms with Crippen molar-refractivity contribution in [2.24, 2.45) is 10.2 Å². The van der Waals surface area contributed by atoms with Gasteiger partial charge in [-0.3, -0.25) is 4.98 Å². The summed E-state index contributed by atoms with van der Waals surface area (Å²) in [5, 5.41) is 8.69. The van der Waals surface area contributed by atoms with Crippen LogP contribution in [0.15, 0.2) is 34.6 Å². The van der Waals surface area contributed by atoms with E-state index in [2.05, 4.69) is 20.6 Å². The summed E-state index contributed by atoms with van der Waals surface area (Å²) >= 11 is 0. The summed E-state index contributed by atoms with van der Waals surface area (Å²) in [5.41, 5.74) is 2.89. The van der Waals surface area contributed by atoms with E-state index in [1.165, 1.54) is 0 Å². The van der Waals surface area contributed by atoms with E-state index in [-0.39, 0.29) is 30.4 Å². The average Bonchev–Trinajstić information content (AvgIpc) is 2.40. The number of hydrogen-bond donors (Lipinski definition) is 1. The molecule has 1 aromatic rings. The van der Waals surface area contributed by atoms with Crippen molar-refractivity contribution >= 4 is 18.0 Å². The number of hydrazone groups is 2. The summed E-state index contributed by atoms with van der Waals surface area (Å²) in [5.74, 6) is 0. The number of urea groups is 1. The smallest absolute Gasteiger partial charge is 0.264 e. The largest absolute Gasteiger partial charge is 0.358 e. The van der Waals surface area contributed by atoms with Gasteiger partial charge in [0, 0.05) is 17.9 Å². The van der Waals surface area contributed by atoms with Gasteiger partial charge >= 0.3 is 6.03 Å². The number of amides is 2. The van der Waals surface area contributed by atoms with Crippen molar-refractivity contribution in [1.29, 1.82) is 0 Å². The number of nitrogens with one attached hydrogen (secondary N) is 1. The molecular formula is C10H11N5O. The zero-order chi connectivity index (χ0) is 14.9. The van der Waals surface area contributed by atoms with Gasteiger partial charge in [0.25, 0.3) is 0 Å². The van der Waals surface area contributed by atoms with Crippen LogP contribution >= 0.6 is 0 Å². The molecule has 0 atom stereocenters. The highest BCUT2D eigenvalue weighted by molar-refractivity contribution is 5.92. The van der Waals surface area contributed by atoms with E-state index in [1.54, 1.807) is 6.92 Å². The lowest BCUT2D eigenvalue weighted by atomic mass is 10.3.